The van der Waals surface area contributed by atoms with Gasteiger partial charge in [-0.3, -0.25) is 4.79 Å². The highest BCUT2D eigenvalue weighted by atomic mass is 19.1. The second-order valence-corrected chi connectivity index (χ2v) is 7.33. The monoisotopic (exact) mass is 401 g/mol. The molecule has 1 amide bonds. The topological polar surface area (TPSA) is 65.6 Å². The van der Waals surface area contributed by atoms with Crippen LogP contribution in [0, 0.1) is 12.7 Å². The van der Waals surface area contributed by atoms with Crippen molar-refractivity contribution in [1.82, 2.24) is 9.88 Å². The van der Waals surface area contributed by atoms with E-state index in [2.05, 4.69) is 9.88 Å². The lowest BCUT2D eigenvalue weighted by molar-refractivity contribution is 0.0599. The molecule has 1 saturated heterocycles. The number of hydrogen-bond donors (Lipinski definition) is 1. The Kier molecular flexibility index (Phi) is 6.56. The zero-order chi connectivity index (χ0) is 21.0. The fraction of sp³-hybridized carbons (Fsp3) is 0.455. The molecule has 1 aliphatic rings. The minimum Gasteiger partial charge on any atom is -0.465 e. The van der Waals surface area contributed by atoms with Gasteiger partial charge in [0.2, 0.25) is 0 Å². The highest BCUT2D eigenvalue weighted by Crippen LogP contribution is 2.24. The first-order valence-corrected chi connectivity index (χ1v) is 10.1. The lowest BCUT2D eigenvalue weighted by atomic mass is 10.0. The summed E-state index contributed by atoms with van der Waals surface area (Å²) in [5, 5.41) is 0. The number of anilines is 1. The molecule has 0 bridgehead atoms. The van der Waals surface area contributed by atoms with Crippen molar-refractivity contribution < 1.29 is 18.7 Å². The first-order valence-electron chi connectivity index (χ1n) is 10.1. The number of nitrogens with one attached hydrogen (secondary N) is 1. The highest BCUT2D eigenvalue weighted by molar-refractivity contribution is 6.00. The number of amides is 1. The Morgan fingerprint density at radius 1 is 1.14 bits per heavy atom. The van der Waals surface area contributed by atoms with Gasteiger partial charge in [0.05, 0.1) is 12.7 Å². The molecule has 2 aromatic rings. The van der Waals surface area contributed by atoms with Crippen LogP contribution in [0.1, 0.15) is 51.9 Å². The summed E-state index contributed by atoms with van der Waals surface area (Å²) in [6, 6.07) is 6.44. The summed E-state index contributed by atoms with van der Waals surface area (Å²) in [7, 11) is 1.35. The zero-order valence-corrected chi connectivity index (χ0v) is 17.3. The molecule has 0 unspecified atom stereocenters. The molecule has 0 atom stereocenters. The van der Waals surface area contributed by atoms with Crippen LogP contribution in [0.25, 0.3) is 0 Å². The molecule has 1 aromatic heterocycles. The van der Waals surface area contributed by atoms with Crippen molar-refractivity contribution in [2.24, 2.45) is 0 Å². The van der Waals surface area contributed by atoms with Crippen molar-refractivity contribution in [3.05, 3.63) is 52.6 Å². The average molecular weight is 401 g/mol. The van der Waals surface area contributed by atoms with Crippen molar-refractivity contribution in [3.8, 4) is 0 Å². The van der Waals surface area contributed by atoms with Gasteiger partial charge in [0.1, 0.15) is 11.5 Å². The largest absolute Gasteiger partial charge is 0.465 e. The maximum absolute atomic E-state index is 13.3. The van der Waals surface area contributed by atoms with E-state index in [4.69, 9.17) is 4.74 Å². The van der Waals surface area contributed by atoms with Crippen molar-refractivity contribution in [2.45, 2.75) is 33.1 Å². The number of methoxy groups -OCH3 is 1. The summed E-state index contributed by atoms with van der Waals surface area (Å²) in [5.41, 5.74) is 3.31. The quantitative estimate of drug-likeness (QED) is 0.778. The van der Waals surface area contributed by atoms with Crippen LogP contribution in [-0.4, -0.2) is 55.0 Å². The number of carbonyl (C=O) groups is 2. The number of hydrogen-bond acceptors (Lipinski definition) is 4. The fourth-order valence-corrected chi connectivity index (χ4v) is 3.93. The maximum atomic E-state index is 13.3. The Labute approximate surface area is 170 Å². The molecule has 0 spiro atoms. The molecule has 1 fully saturated rings. The van der Waals surface area contributed by atoms with Crippen molar-refractivity contribution >= 4 is 17.6 Å². The van der Waals surface area contributed by atoms with Gasteiger partial charge >= 0.3 is 5.97 Å². The molecule has 1 aliphatic heterocycles. The Morgan fingerprint density at radius 2 is 1.86 bits per heavy atom. The van der Waals surface area contributed by atoms with Gasteiger partial charge in [-0.15, -0.1) is 0 Å². The number of aromatic amines is 1. The Hall–Kier alpha value is -2.83. The molecule has 156 valence electrons. The third-order valence-corrected chi connectivity index (χ3v) is 5.37. The zero-order valence-electron chi connectivity index (χ0n) is 17.3. The SMILES string of the molecule is CCCc1c(C(=O)N2CCCN(c3ccc(F)cc3)CC2)[nH]c(C)c1C(=O)OC. The minimum atomic E-state index is -0.417. The molecular formula is C22H28FN3O3. The van der Waals surface area contributed by atoms with Gasteiger partial charge in [-0.2, -0.15) is 0 Å². The third kappa shape index (κ3) is 4.44. The predicted octanol–water partition coefficient (Wildman–Crippen LogP) is 3.55. The van der Waals surface area contributed by atoms with Crippen LogP contribution in [0.5, 0.6) is 0 Å². The van der Waals surface area contributed by atoms with Crippen molar-refractivity contribution in [2.75, 3.05) is 38.2 Å². The van der Waals surface area contributed by atoms with Crippen molar-refractivity contribution in [1.29, 1.82) is 0 Å². The van der Waals surface area contributed by atoms with E-state index in [1.165, 1.54) is 19.2 Å². The number of esters is 1. The first kappa shape index (κ1) is 20.9. The number of halogens is 1. The molecule has 1 N–H and O–H groups in total. The van der Waals surface area contributed by atoms with Crippen LogP contribution in [0.3, 0.4) is 0 Å². The van der Waals surface area contributed by atoms with Gasteiger partial charge in [0.25, 0.3) is 5.91 Å². The molecule has 3 rings (SSSR count). The van der Waals surface area contributed by atoms with Gasteiger partial charge in [-0.05, 0) is 49.6 Å². The molecule has 0 aliphatic carbocycles. The van der Waals surface area contributed by atoms with Crippen LogP contribution in [-0.2, 0) is 11.2 Å². The van der Waals surface area contributed by atoms with Gasteiger partial charge in [0.15, 0.2) is 0 Å². The number of ether oxygens (including phenoxy) is 1. The van der Waals surface area contributed by atoms with E-state index in [1.807, 2.05) is 11.8 Å². The van der Waals surface area contributed by atoms with Crippen molar-refractivity contribution in [3.63, 3.8) is 0 Å². The standard InChI is InChI=1S/C22H28FN3O3/c1-4-6-18-19(22(28)29-3)15(2)24-20(18)21(27)26-12-5-11-25(13-14-26)17-9-7-16(23)8-10-17/h7-10,24H,4-6,11-14H2,1-3H3. The maximum Gasteiger partial charge on any atom is 0.339 e. The summed E-state index contributed by atoms with van der Waals surface area (Å²) in [6.07, 6.45) is 2.26. The average Bonchev–Trinajstić information content (AvgIpc) is 2.89. The van der Waals surface area contributed by atoms with Gasteiger partial charge in [0, 0.05) is 37.6 Å². The second-order valence-electron chi connectivity index (χ2n) is 7.33. The van der Waals surface area contributed by atoms with Gasteiger partial charge in [-0.1, -0.05) is 13.3 Å². The van der Waals surface area contributed by atoms with Crippen LogP contribution in [0.15, 0.2) is 24.3 Å². The Bertz CT molecular complexity index is 876. The molecule has 2 heterocycles. The summed E-state index contributed by atoms with van der Waals surface area (Å²) in [4.78, 5) is 32.6. The van der Waals surface area contributed by atoms with E-state index in [9.17, 15) is 14.0 Å². The lowest BCUT2D eigenvalue weighted by Gasteiger charge is -2.24. The van der Waals surface area contributed by atoms with E-state index in [1.54, 1.807) is 19.1 Å². The molecule has 1 aromatic carbocycles. The van der Waals surface area contributed by atoms with Gasteiger partial charge in [-0.25, -0.2) is 9.18 Å². The van der Waals surface area contributed by atoms with E-state index in [0.717, 1.165) is 30.6 Å². The van der Waals surface area contributed by atoms with Crippen LogP contribution >= 0.6 is 0 Å². The summed E-state index contributed by atoms with van der Waals surface area (Å²) in [6.45, 7) is 6.48. The molecule has 29 heavy (non-hydrogen) atoms. The smallest absolute Gasteiger partial charge is 0.339 e. The number of aromatic nitrogens is 1. The fourth-order valence-electron chi connectivity index (χ4n) is 3.93. The molecular weight excluding hydrogens is 373 g/mol. The van der Waals surface area contributed by atoms with Crippen LogP contribution in [0.2, 0.25) is 0 Å². The van der Waals surface area contributed by atoms with E-state index < -0.39 is 5.97 Å². The number of carbonyl (C=O) groups excluding carboxylic acids is 2. The third-order valence-electron chi connectivity index (χ3n) is 5.37. The normalized spacial score (nSPS) is 14.6. The number of aryl methyl sites for hydroxylation is 1. The van der Waals surface area contributed by atoms with Crippen LogP contribution < -0.4 is 4.90 Å². The number of nitrogens with zero attached hydrogens (tertiary/aromatic N) is 2. The summed E-state index contributed by atoms with van der Waals surface area (Å²) < 4.78 is 18.1. The highest BCUT2D eigenvalue weighted by Gasteiger charge is 2.28. The first-order chi connectivity index (χ1) is 14.0. The molecule has 7 heteroatoms. The van der Waals surface area contributed by atoms with E-state index in [0.29, 0.717) is 43.0 Å². The second kappa shape index (κ2) is 9.11. The number of benzene rings is 1. The predicted molar refractivity (Wildman–Crippen MR) is 110 cm³/mol. The number of H-pyrrole nitrogens is 1. The summed E-state index contributed by atoms with van der Waals surface area (Å²) in [5.74, 6) is -0.764. The molecule has 0 saturated carbocycles. The van der Waals surface area contributed by atoms with Crippen LogP contribution in [0.4, 0.5) is 10.1 Å². The Morgan fingerprint density at radius 3 is 2.52 bits per heavy atom. The van der Waals surface area contributed by atoms with Gasteiger partial charge < -0.3 is 19.5 Å². The number of rotatable bonds is 5. The Balaban J connectivity index is 1.80. The van der Waals surface area contributed by atoms with E-state index in [-0.39, 0.29) is 11.7 Å². The summed E-state index contributed by atoms with van der Waals surface area (Å²) >= 11 is 0. The lowest BCUT2D eigenvalue weighted by Crippen LogP contribution is -2.36. The minimum absolute atomic E-state index is 0.0901. The van der Waals surface area contributed by atoms with E-state index >= 15 is 0 Å². The molecule has 6 nitrogen and oxygen atoms in total. The molecule has 0 radical (unpaired) electrons.